The minimum Gasteiger partial charge on any atom is -0.352 e. The molecule has 21 heavy (non-hydrogen) atoms. The zero-order valence-corrected chi connectivity index (χ0v) is 13.4. The van der Waals surface area contributed by atoms with Gasteiger partial charge in [0.1, 0.15) is 0 Å². The van der Waals surface area contributed by atoms with Crippen molar-refractivity contribution in [1.82, 2.24) is 0 Å². The molecule has 0 amide bonds. The molecule has 4 nitrogen and oxygen atoms in total. The average molecular weight is 294 g/mol. The van der Waals surface area contributed by atoms with Gasteiger partial charge in [0, 0.05) is 5.41 Å². The van der Waals surface area contributed by atoms with Gasteiger partial charge in [0.2, 0.25) is 0 Å². The molecule has 0 aliphatic carbocycles. The zero-order valence-electron chi connectivity index (χ0n) is 13.4. The number of hydrogen-bond acceptors (Lipinski definition) is 4. The van der Waals surface area contributed by atoms with E-state index in [0.717, 1.165) is 5.56 Å². The highest BCUT2D eigenvalue weighted by Gasteiger charge is 2.37. The fourth-order valence-corrected chi connectivity index (χ4v) is 2.02. The van der Waals surface area contributed by atoms with Crippen molar-refractivity contribution >= 4 is 0 Å². The Morgan fingerprint density at radius 1 is 1.05 bits per heavy atom. The second-order valence-corrected chi connectivity index (χ2v) is 6.46. The quantitative estimate of drug-likeness (QED) is 0.754. The van der Waals surface area contributed by atoms with E-state index in [2.05, 4.69) is 6.92 Å². The van der Waals surface area contributed by atoms with Gasteiger partial charge in [-0.15, -0.1) is 0 Å². The monoisotopic (exact) mass is 294 g/mol. The number of rotatable bonds is 6. The maximum absolute atomic E-state index is 5.79. The summed E-state index contributed by atoms with van der Waals surface area (Å²) in [5, 5.41) is 0. The predicted molar refractivity (Wildman–Crippen MR) is 80.7 cm³/mol. The Kier molecular flexibility index (Phi) is 5.38. The number of hydrogen-bond donors (Lipinski definition) is 0. The van der Waals surface area contributed by atoms with Crippen LogP contribution in [-0.4, -0.2) is 31.9 Å². The van der Waals surface area contributed by atoms with Crippen LogP contribution in [0.2, 0.25) is 0 Å². The van der Waals surface area contributed by atoms with E-state index in [1.165, 1.54) is 0 Å². The fourth-order valence-electron chi connectivity index (χ4n) is 2.02. The molecular weight excluding hydrogens is 268 g/mol. The van der Waals surface area contributed by atoms with Crippen molar-refractivity contribution < 1.29 is 18.9 Å². The summed E-state index contributed by atoms with van der Waals surface area (Å²) in [6.45, 7) is 10.2. The van der Waals surface area contributed by atoms with Crippen LogP contribution in [0.25, 0.3) is 0 Å². The third-order valence-electron chi connectivity index (χ3n) is 3.53. The van der Waals surface area contributed by atoms with Gasteiger partial charge < -0.3 is 18.9 Å². The van der Waals surface area contributed by atoms with Gasteiger partial charge in [-0.1, -0.05) is 37.3 Å². The molecule has 1 saturated heterocycles. The van der Waals surface area contributed by atoms with Gasteiger partial charge in [-0.3, -0.25) is 0 Å². The van der Waals surface area contributed by atoms with Gasteiger partial charge >= 0.3 is 0 Å². The molecule has 1 aromatic rings. The molecule has 1 aromatic carbocycles. The van der Waals surface area contributed by atoms with E-state index >= 15 is 0 Å². The van der Waals surface area contributed by atoms with Gasteiger partial charge in [0.25, 0.3) is 0 Å². The van der Waals surface area contributed by atoms with Crippen molar-refractivity contribution in [3.63, 3.8) is 0 Å². The van der Waals surface area contributed by atoms with Crippen molar-refractivity contribution in [1.29, 1.82) is 0 Å². The fraction of sp³-hybridized carbons (Fsp3) is 0.647. The van der Waals surface area contributed by atoms with Crippen LogP contribution in [0.4, 0.5) is 0 Å². The lowest BCUT2D eigenvalue weighted by atomic mass is 9.93. The number of benzene rings is 1. The van der Waals surface area contributed by atoms with Crippen LogP contribution in [0.3, 0.4) is 0 Å². The van der Waals surface area contributed by atoms with Crippen molar-refractivity contribution in [2.45, 2.75) is 46.4 Å². The van der Waals surface area contributed by atoms with Crippen LogP contribution in [0, 0.1) is 5.41 Å². The lowest BCUT2D eigenvalue weighted by Crippen LogP contribution is -2.47. The van der Waals surface area contributed by atoms with Gasteiger partial charge in [-0.25, -0.2) is 0 Å². The summed E-state index contributed by atoms with van der Waals surface area (Å²) in [4.78, 5) is 0. The zero-order chi connectivity index (χ0) is 15.3. The van der Waals surface area contributed by atoms with Crippen molar-refractivity contribution in [2.75, 3.05) is 19.8 Å². The average Bonchev–Trinajstić information content (AvgIpc) is 2.48. The molecule has 1 aliphatic rings. The third kappa shape index (κ3) is 5.40. The first-order valence-electron chi connectivity index (χ1n) is 7.44. The van der Waals surface area contributed by atoms with Crippen LogP contribution in [0.5, 0.6) is 0 Å². The van der Waals surface area contributed by atoms with E-state index in [-0.39, 0.29) is 11.7 Å². The second kappa shape index (κ2) is 6.88. The summed E-state index contributed by atoms with van der Waals surface area (Å²) in [5.74, 6) is -0.491. The molecule has 1 aliphatic heterocycles. The van der Waals surface area contributed by atoms with Gasteiger partial charge in [0.15, 0.2) is 12.1 Å². The highest BCUT2D eigenvalue weighted by atomic mass is 16.7. The SMILES string of the molecule is CC(OCc1ccccc1)OCC1(C)COC(C)(C)OC1. The first-order valence-corrected chi connectivity index (χ1v) is 7.44. The molecule has 0 spiro atoms. The van der Waals surface area contributed by atoms with Crippen LogP contribution < -0.4 is 0 Å². The molecule has 0 saturated carbocycles. The van der Waals surface area contributed by atoms with Crippen LogP contribution in [0.15, 0.2) is 30.3 Å². The molecular formula is C17H26O4. The molecule has 118 valence electrons. The maximum Gasteiger partial charge on any atom is 0.162 e. The summed E-state index contributed by atoms with van der Waals surface area (Å²) < 4.78 is 22.9. The predicted octanol–water partition coefficient (Wildman–Crippen LogP) is 3.36. The van der Waals surface area contributed by atoms with E-state index in [1.807, 2.05) is 51.1 Å². The topological polar surface area (TPSA) is 36.9 Å². The van der Waals surface area contributed by atoms with E-state index in [4.69, 9.17) is 18.9 Å². The summed E-state index contributed by atoms with van der Waals surface area (Å²) in [5.41, 5.74) is 1.02. The minimum absolute atomic E-state index is 0.125. The molecule has 4 heteroatoms. The maximum atomic E-state index is 5.79. The molecule has 1 atom stereocenters. The summed E-state index contributed by atoms with van der Waals surface area (Å²) >= 11 is 0. The summed E-state index contributed by atoms with van der Waals surface area (Å²) in [6.07, 6.45) is -0.253. The summed E-state index contributed by atoms with van der Waals surface area (Å²) in [6, 6.07) is 10.1. The Balaban J connectivity index is 1.70. The minimum atomic E-state index is -0.491. The third-order valence-corrected chi connectivity index (χ3v) is 3.53. The van der Waals surface area contributed by atoms with Gasteiger partial charge in [0.05, 0.1) is 26.4 Å². The Morgan fingerprint density at radius 3 is 2.29 bits per heavy atom. The van der Waals surface area contributed by atoms with Gasteiger partial charge in [-0.2, -0.15) is 0 Å². The molecule has 1 heterocycles. The number of ether oxygens (including phenoxy) is 4. The second-order valence-electron chi connectivity index (χ2n) is 6.46. The molecule has 0 N–H and O–H groups in total. The molecule has 2 rings (SSSR count). The Labute approximate surface area is 127 Å². The largest absolute Gasteiger partial charge is 0.352 e. The molecule has 0 radical (unpaired) electrons. The van der Waals surface area contributed by atoms with Crippen molar-refractivity contribution in [3.05, 3.63) is 35.9 Å². The highest BCUT2D eigenvalue weighted by molar-refractivity contribution is 5.13. The van der Waals surface area contributed by atoms with Crippen molar-refractivity contribution in [2.24, 2.45) is 5.41 Å². The van der Waals surface area contributed by atoms with Crippen LogP contribution in [0.1, 0.15) is 33.3 Å². The Bertz CT molecular complexity index is 420. The Morgan fingerprint density at radius 2 is 1.67 bits per heavy atom. The molecule has 0 aromatic heterocycles. The lowest BCUT2D eigenvalue weighted by Gasteiger charge is -2.41. The molecule has 0 bridgehead atoms. The van der Waals surface area contributed by atoms with Crippen LogP contribution in [-0.2, 0) is 25.6 Å². The van der Waals surface area contributed by atoms with Crippen LogP contribution >= 0.6 is 0 Å². The van der Waals surface area contributed by atoms with E-state index < -0.39 is 5.79 Å². The smallest absolute Gasteiger partial charge is 0.162 e. The highest BCUT2D eigenvalue weighted by Crippen LogP contribution is 2.29. The normalized spacial score (nSPS) is 21.9. The molecule has 1 fully saturated rings. The van der Waals surface area contributed by atoms with Crippen molar-refractivity contribution in [3.8, 4) is 0 Å². The summed E-state index contributed by atoms with van der Waals surface area (Å²) in [7, 11) is 0. The first kappa shape index (κ1) is 16.4. The lowest BCUT2D eigenvalue weighted by molar-refractivity contribution is -0.294. The standard InChI is InChI=1S/C17H26O4/c1-14(18-10-15-8-6-5-7-9-15)19-11-17(4)12-20-16(2,3)21-13-17/h5-9,14H,10-13H2,1-4H3. The molecule has 1 unspecified atom stereocenters. The Hall–Kier alpha value is -0.940. The van der Waals surface area contributed by atoms with E-state index in [0.29, 0.717) is 26.4 Å². The van der Waals surface area contributed by atoms with Gasteiger partial charge in [-0.05, 0) is 26.3 Å². The van der Waals surface area contributed by atoms with E-state index in [1.54, 1.807) is 0 Å². The van der Waals surface area contributed by atoms with E-state index in [9.17, 15) is 0 Å². The first-order chi connectivity index (χ1) is 9.89.